The molecule has 0 aliphatic heterocycles. The van der Waals surface area contributed by atoms with E-state index in [1.165, 1.54) is 0 Å². The molecule has 2 nitrogen and oxygen atoms in total. The highest BCUT2D eigenvalue weighted by Gasteiger charge is 1.89. The fourth-order valence-corrected chi connectivity index (χ4v) is 0.691. The summed E-state index contributed by atoms with van der Waals surface area (Å²) in [6.07, 6.45) is 0. The molecule has 1 N–H and O–H groups in total. The van der Waals surface area contributed by atoms with Crippen molar-refractivity contribution in [1.82, 2.24) is 0 Å². The van der Waals surface area contributed by atoms with E-state index in [1.54, 1.807) is 24.3 Å². The van der Waals surface area contributed by atoms with Crippen molar-refractivity contribution in [3.05, 3.63) is 36.9 Å². The minimum absolute atomic E-state index is 0.0669. The highest BCUT2D eigenvalue weighted by atomic mass is 16.5. The molecule has 53 valence electrons. The van der Waals surface area contributed by atoms with E-state index in [2.05, 4.69) is 11.8 Å². The van der Waals surface area contributed by atoms with E-state index in [0.29, 0.717) is 5.75 Å². The number of aliphatic hydroxyl groups is 1. The van der Waals surface area contributed by atoms with Gasteiger partial charge in [-0.2, -0.15) is 0 Å². The first kappa shape index (κ1) is 7.09. The van der Waals surface area contributed by atoms with Crippen LogP contribution in [0.2, 0.25) is 0 Å². The smallest absolute Gasteiger partial charge is 0.122 e. The van der Waals surface area contributed by atoms with Crippen molar-refractivity contribution in [3.8, 4) is 5.75 Å². The van der Waals surface area contributed by atoms with Crippen molar-refractivity contribution in [2.75, 3.05) is 0 Å². The van der Waals surface area contributed by atoms with Gasteiger partial charge in [-0.15, -0.1) is 0 Å². The van der Waals surface area contributed by atoms with Gasteiger partial charge in [0.15, 0.2) is 0 Å². The summed E-state index contributed by atoms with van der Waals surface area (Å²) in [6, 6.07) is 7.11. The molecule has 0 aromatic heterocycles. The minimum Gasteiger partial charge on any atom is -0.490 e. The number of hydrogen-bond donors (Lipinski definition) is 1. The molecule has 10 heavy (non-hydrogen) atoms. The van der Waals surface area contributed by atoms with Crippen LogP contribution in [0.5, 0.6) is 5.75 Å². The summed E-state index contributed by atoms with van der Waals surface area (Å²) < 4.78 is 4.68. The number of benzene rings is 1. The van der Waals surface area contributed by atoms with Gasteiger partial charge in [0.05, 0.1) is 6.61 Å². The summed E-state index contributed by atoms with van der Waals surface area (Å²) in [7, 11) is 3.25. The third-order valence-corrected chi connectivity index (χ3v) is 1.27. The van der Waals surface area contributed by atoms with E-state index in [0.717, 1.165) is 5.56 Å². The number of hydrogen-bond acceptors (Lipinski definition) is 2. The first-order valence-corrected chi connectivity index (χ1v) is 2.98. The molecule has 1 aromatic rings. The monoisotopic (exact) mass is 137 g/mol. The van der Waals surface area contributed by atoms with E-state index in [4.69, 9.17) is 5.11 Å². The second kappa shape index (κ2) is 3.22. The molecule has 0 amide bonds. The second-order valence-corrected chi connectivity index (χ2v) is 1.95. The zero-order valence-electron chi connectivity index (χ0n) is 5.58. The van der Waals surface area contributed by atoms with Crippen molar-refractivity contribution >= 4 is 0 Å². The predicted octanol–water partition coefficient (Wildman–Crippen LogP) is 1.35. The lowest BCUT2D eigenvalue weighted by molar-refractivity contribution is 0.281. The van der Waals surface area contributed by atoms with Gasteiger partial charge < -0.3 is 9.84 Å². The van der Waals surface area contributed by atoms with E-state index < -0.39 is 0 Å². The van der Waals surface area contributed by atoms with Gasteiger partial charge in [0, 0.05) is 0 Å². The molecule has 0 fully saturated rings. The maximum Gasteiger partial charge on any atom is 0.122 e. The van der Waals surface area contributed by atoms with Gasteiger partial charge in [0.25, 0.3) is 0 Å². The maximum absolute atomic E-state index is 8.64. The van der Waals surface area contributed by atoms with Crippen molar-refractivity contribution < 1.29 is 9.84 Å². The van der Waals surface area contributed by atoms with Crippen LogP contribution in [0.3, 0.4) is 0 Å². The molecule has 1 radical (unpaired) electrons. The van der Waals surface area contributed by atoms with Crippen LogP contribution in [-0.2, 0) is 6.61 Å². The molecule has 0 saturated carbocycles. The highest BCUT2D eigenvalue weighted by molar-refractivity contribution is 5.26. The summed E-state index contributed by atoms with van der Waals surface area (Å²) in [6.45, 7) is 0.0669. The largest absolute Gasteiger partial charge is 0.490 e. The Kier molecular flexibility index (Phi) is 2.29. The molecule has 1 rings (SSSR count). The van der Waals surface area contributed by atoms with Crippen LogP contribution >= 0.6 is 0 Å². The standard InChI is InChI=1S/C8H9O2/c1-10-8-4-2-7(6-9)3-5-8/h2-5,9H,1,6H2. The lowest BCUT2D eigenvalue weighted by Crippen LogP contribution is -1.82. The van der Waals surface area contributed by atoms with Crippen molar-refractivity contribution in [2.45, 2.75) is 6.61 Å². The van der Waals surface area contributed by atoms with Gasteiger partial charge in [0.2, 0.25) is 0 Å². The molecule has 0 aliphatic rings. The summed E-state index contributed by atoms with van der Waals surface area (Å²) in [5, 5.41) is 8.64. The minimum atomic E-state index is 0.0669. The van der Waals surface area contributed by atoms with Crippen LogP contribution < -0.4 is 4.74 Å². The Morgan fingerprint density at radius 1 is 1.30 bits per heavy atom. The predicted molar refractivity (Wildman–Crippen MR) is 38.3 cm³/mol. The summed E-state index contributed by atoms with van der Waals surface area (Å²) in [4.78, 5) is 0. The third-order valence-electron chi connectivity index (χ3n) is 1.27. The van der Waals surface area contributed by atoms with Crippen LogP contribution in [0, 0.1) is 7.11 Å². The molecule has 0 spiro atoms. The first-order chi connectivity index (χ1) is 4.86. The Morgan fingerprint density at radius 3 is 2.30 bits per heavy atom. The molecule has 0 bridgehead atoms. The Balaban J connectivity index is 2.80. The number of rotatable bonds is 2. The molecule has 1 aromatic carbocycles. The third kappa shape index (κ3) is 1.48. The molecule has 2 heteroatoms. The Hall–Kier alpha value is -1.02. The Morgan fingerprint density at radius 2 is 1.90 bits per heavy atom. The van der Waals surface area contributed by atoms with Gasteiger partial charge in [-0.1, -0.05) is 12.1 Å². The fourth-order valence-electron chi connectivity index (χ4n) is 0.691. The average molecular weight is 137 g/mol. The van der Waals surface area contributed by atoms with Crippen LogP contribution in [0.4, 0.5) is 0 Å². The van der Waals surface area contributed by atoms with Crippen LogP contribution in [-0.4, -0.2) is 5.11 Å². The van der Waals surface area contributed by atoms with Gasteiger partial charge >= 0.3 is 0 Å². The van der Waals surface area contributed by atoms with Crippen molar-refractivity contribution in [2.24, 2.45) is 0 Å². The molecular formula is C8H9O2. The zero-order chi connectivity index (χ0) is 7.40. The molecule has 0 aliphatic carbocycles. The number of ether oxygens (including phenoxy) is 1. The van der Waals surface area contributed by atoms with Crippen LogP contribution in [0.1, 0.15) is 5.56 Å². The highest BCUT2D eigenvalue weighted by Crippen LogP contribution is 2.10. The summed E-state index contributed by atoms with van der Waals surface area (Å²) in [5.41, 5.74) is 0.876. The van der Waals surface area contributed by atoms with Gasteiger partial charge in [-0.05, 0) is 17.7 Å². The number of aliphatic hydroxyl groups excluding tert-OH is 1. The van der Waals surface area contributed by atoms with E-state index in [1.807, 2.05) is 0 Å². The Bertz CT molecular complexity index is 168. The lowest BCUT2D eigenvalue weighted by Gasteiger charge is -1.98. The SMILES string of the molecule is [CH2]Oc1ccc(CO)cc1. The lowest BCUT2D eigenvalue weighted by atomic mass is 10.2. The van der Waals surface area contributed by atoms with E-state index >= 15 is 0 Å². The molecule has 0 unspecified atom stereocenters. The van der Waals surface area contributed by atoms with Gasteiger partial charge in [-0.3, -0.25) is 0 Å². The van der Waals surface area contributed by atoms with E-state index in [-0.39, 0.29) is 6.61 Å². The molecule has 0 atom stereocenters. The van der Waals surface area contributed by atoms with Gasteiger partial charge in [0.1, 0.15) is 12.9 Å². The molecule has 0 saturated heterocycles. The average Bonchev–Trinajstić information content (AvgIpc) is 2.05. The topological polar surface area (TPSA) is 29.5 Å². The summed E-state index contributed by atoms with van der Waals surface area (Å²) >= 11 is 0. The van der Waals surface area contributed by atoms with Crippen molar-refractivity contribution in [3.63, 3.8) is 0 Å². The first-order valence-electron chi connectivity index (χ1n) is 2.98. The molecule has 0 heterocycles. The summed E-state index contributed by atoms with van der Waals surface area (Å²) in [5.74, 6) is 0.706. The maximum atomic E-state index is 8.64. The van der Waals surface area contributed by atoms with Gasteiger partial charge in [-0.25, -0.2) is 0 Å². The molecular weight excluding hydrogens is 128 g/mol. The fraction of sp³-hybridized carbons (Fsp3) is 0.125. The van der Waals surface area contributed by atoms with Crippen molar-refractivity contribution in [1.29, 1.82) is 0 Å². The zero-order valence-corrected chi connectivity index (χ0v) is 5.58. The Labute approximate surface area is 60.1 Å². The quantitative estimate of drug-likeness (QED) is 0.666. The normalized spacial score (nSPS) is 9.40. The van der Waals surface area contributed by atoms with Crippen LogP contribution in [0.15, 0.2) is 24.3 Å². The van der Waals surface area contributed by atoms with Crippen LogP contribution in [0.25, 0.3) is 0 Å². The second-order valence-electron chi connectivity index (χ2n) is 1.95. The van der Waals surface area contributed by atoms with E-state index in [9.17, 15) is 0 Å².